The Morgan fingerprint density at radius 1 is 1.26 bits per heavy atom. The Morgan fingerprint density at radius 3 is 2.74 bits per heavy atom. The summed E-state index contributed by atoms with van der Waals surface area (Å²) in [7, 11) is -3.99. The second-order valence-electron chi connectivity index (χ2n) is 9.00. The molecular weight excluding hydrogens is 532 g/mol. The molecular formula is C24H22N6O8S. The van der Waals surface area contributed by atoms with Crippen LogP contribution in [0, 0.1) is 6.92 Å². The highest BCUT2D eigenvalue weighted by molar-refractivity contribution is 7.95. The predicted molar refractivity (Wildman–Crippen MR) is 137 cm³/mol. The number of hydrogen-bond acceptors (Lipinski definition) is 9. The molecule has 3 heterocycles. The third-order valence-electron chi connectivity index (χ3n) is 6.43. The number of nitrogens with one attached hydrogen (secondary N) is 2. The number of amides is 3. The molecule has 4 N–H and O–H groups in total. The zero-order valence-corrected chi connectivity index (χ0v) is 21.3. The number of aryl methyl sites for hydroxylation is 2. The van der Waals surface area contributed by atoms with Crippen LogP contribution in [0.1, 0.15) is 31.1 Å². The van der Waals surface area contributed by atoms with Gasteiger partial charge in [0.25, 0.3) is 5.56 Å². The van der Waals surface area contributed by atoms with Gasteiger partial charge in [-0.25, -0.2) is 9.78 Å². The Bertz CT molecular complexity index is 1850. The first-order chi connectivity index (χ1) is 18.4. The van der Waals surface area contributed by atoms with Crippen molar-refractivity contribution in [3.8, 4) is 0 Å². The maximum absolute atomic E-state index is 13.3. The lowest BCUT2D eigenvalue weighted by molar-refractivity contribution is -0.135. The molecule has 1 aliphatic heterocycles. The third kappa shape index (κ3) is 4.89. The molecule has 2 aromatic carbocycles. The zero-order valence-electron chi connectivity index (χ0n) is 20.5. The molecule has 0 bridgehead atoms. The number of fused-ring (bicyclic) bond motifs is 2. The van der Waals surface area contributed by atoms with Crippen LogP contribution in [-0.2, 0) is 35.5 Å². The second kappa shape index (κ2) is 9.68. The first-order valence-corrected chi connectivity index (χ1v) is 13.3. The van der Waals surface area contributed by atoms with Gasteiger partial charge in [0, 0.05) is 25.5 Å². The molecule has 5 rings (SSSR count). The number of nitrogens with zero attached hydrogens (tertiary/aromatic N) is 3. The molecule has 3 amide bonds. The van der Waals surface area contributed by atoms with E-state index in [-0.39, 0.29) is 64.2 Å². The van der Waals surface area contributed by atoms with E-state index in [1.54, 1.807) is 19.1 Å². The van der Waals surface area contributed by atoms with E-state index in [1.807, 2.05) is 0 Å². The van der Waals surface area contributed by atoms with Crippen molar-refractivity contribution in [2.75, 3.05) is 5.32 Å². The maximum Gasteiger partial charge on any atom is 0.419 e. The average Bonchev–Trinajstić information content (AvgIpc) is 3.18. The minimum Gasteiger partial charge on any atom is -0.593 e. The number of oxazole rings is 1. The number of anilines is 1. The molecule has 1 saturated heterocycles. The van der Waals surface area contributed by atoms with Gasteiger partial charge in [-0.2, -0.15) is 0 Å². The lowest BCUT2D eigenvalue weighted by Crippen LogP contribution is -2.45. The van der Waals surface area contributed by atoms with Gasteiger partial charge in [0.05, 0.1) is 16.6 Å². The van der Waals surface area contributed by atoms with E-state index in [4.69, 9.17) is 9.56 Å². The van der Waals surface area contributed by atoms with Crippen LogP contribution in [-0.4, -0.2) is 36.4 Å². The summed E-state index contributed by atoms with van der Waals surface area (Å²) < 4.78 is 30.7. The van der Waals surface area contributed by atoms with Crippen LogP contribution in [0.4, 0.5) is 5.69 Å². The van der Waals surface area contributed by atoms with Crippen LogP contribution in [0.2, 0.25) is 0 Å². The molecule has 202 valence electrons. The number of carbonyl (C=O) groups is 3. The molecule has 15 heteroatoms. The number of primary sulfonamides is 1. The van der Waals surface area contributed by atoms with Crippen LogP contribution in [0.25, 0.3) is 22.0 Å². The van der Waals surface area contributed by atoms with Gasteiger partial charge in [-0.3, -0.25) is 33.6 Å². The Balaban J connectivity index is 1.38. The summed E-state index contributed by atoms with van der Waals surface area (Å²) in [5.41, 5.74) is 0.289. The summed E-state index contributed by atoms with van der Waals surface area (Å²) in [6.45, 7) is 1.48. The number of hydrogen-bond donors (Lipinski definition) is 3. The normalized spacial score (nSPS) is 17.3. The van der Waals surface area contributed by atoms with Crippen molar-refractivity contribution >= 4 is 55.8 Å². The molecule has 4 aromatic rings. The van der Waals surface area contributed by atoms with Gasteiger partial charge in [0.1, 0.15) is 17.4 Å². The Hall–Kier alpha value is -4.47. The van der Waals surface area contributed by atoms with Gasteiger partial charge < -0.3 is 14.3 Å². The predicted octanol–water partition coefficient (Wildman–Crippen LogP) is 0.482. The molecule has 39 heavy (non-hydrogen) atoms. The number of imide groups is 1. The highest BCUT2D eigenvalue weighted by Gasteiger charge is 2.30. The first kappa shape index (κ1) is 26.1. The molecule has 14 nitrogen and oxygen atoms in total. The van der Waals surface area contributed by atoms with Gasteiger partial charge in [0.2, 0.25) is 17.7 Å². The summed E-state index contributed by atoms with van der Waals surface area (Å²) in [6, 6.07) is 7.50. The monoisotopic (exact) mass is 554 g/mol. The van der Waals surface area contributed by atoms with Gasteiger partial charge in [0.15, 0.2) is 20.9 Å². The summed E-state index contributed by atoms with van der Waals surface area (Å²) in [4.78, 5) is 66.5. The number of aromatic nitrogens is 3. The smallest absolute Gasteiger partial charge is 0.419 e. The van der Waals surface area contributed by atoms with Crippen LogP contribution in [0.5, 0.6) is 0 Å². The number of carbonyl (C=O) groups excluding carboxylic acids is 3. The standard InChI is InChI=1S/C24H22N6O8S/c1-12-26-21-14(23(34)30(12)17-7-8-19(31)28-22(17)33)3-2-4-15(21)27-20(32)9-10-29-16-6-5-13(39(25,36)37)11-18(16)38-24(29)35/h2-6,11,17H,7-10H2,1H3,(H4-,25,27,28,31,32,33,36,37). The Kier molecular flexibility index (Phi) is 6.49. The van der Waals surface area contributed by atoms with E-state index in [2.05, 4.69) is 15.6 Å². The number of nitrogens with two attached hydrogens (primary N) is 1. The van der Waals surface area contributed by atoms with E-state index < -0.39 is 45.5 Å². The SMILES string of the molecule is Cc1nc2c(NC(=O)CCn3c(=O)oc4cc([S+](N)(=O)[O-])ccc43)cccc2c(=O)n1C1CCC(=O)NC1=O. The van der Waals surface area contributed by atoms with E-state index in [0.717, 1.165) is 6.07 Å². The lowest BCUT2D eigenvalue weighted by atomic mass is 10.1. The quantitative estimate of drug-likeness (QED) is 0.223. The highest BCUT2D eigenvalue weighted by Crippen LogP contribution is 2.24. The first-order valence-electron chi connectivity index (χ1n) is 11.8. The van der Waals surface area contributed by atoms with Gasteiger partial charge in [-0.15, -0.1) is 5.14 Å². The van der Waals surface area contributed by atoms with Crippen molar-refractivity contribution in [2.24, 2.45) is 5.14 Å². The highest BCUT2D eigenvalue weighted by atomic mass is 32.3. The average molecular weight is 555 g/mol. The molecule has 2 unspecified atom stereocenters. The van der Waals surface area contributed by atoms with Crippen LogP contribution < -0.4 is 27.1 Å². The zero-order chi connectivity index (χ0) is 28.1. The van der Waals surface area contributed by atoms with E-state index in [9.17, 15) is 32.7 Å². The van der Waals surface area contributed by atoms with Gasteiger partial charge in [-0.05, 0) is 37.6 Å². The van der Waals surface area contributed by atoms with Crippen molar-refractivity contribution < 1.29 is 27.6 Å². The fourth-order valence-corrected chi connectivity index (χ4v) is 5.12. The number of para-hydroxylation sites is 1. The molecule has 1 fully saturated rings. The molecule has 0 radical (unpaired) electrons. The molecule has 2 atom stereocenters. The molecule has 0 aliphatic carbocycles. The topological polar surface area (TPSA) is 211 Å². The number of rotatable bonds is 6. The molecule has 0 spiro atoms. The number of sulfonamides is 1. The van der Waals surface area contributed by atoms with Gasteiger partial charge >= 0.3 is 5.76 Å². The largest absolute Gasteiger partial charge is 0.593 e. The summed E-state index contributed by atoms with van der Waals surface area (Å²) >= 11 is 0. The lowest BCUT2D eigenvalue weighted by Gasteiger charge is -2.24. The minimum atomic E-state index is -3.99. The maximum atomic E-state index is 13.3. The minimum absolute atomic E-state index is 0.00737. The number of piperidine rings is 1. The van der Waals surface area contributed by atoms with Crippen molar-refractivity contribution in [3.05, 3.63) is 63.1 Å². The van der Waals surface area contributed by atoms with Crippen molar-refractivity contribution in [1.29, 1.82) is 0 Å². The molecule has 1 aliphatic rings. The van der Waals surface area contributed by atoms with E-state index >= 15 is 0 Å². The Morgan fingerprint density at radius 2 is 2.03 bits per heavy atom. The van der Waals surface area contributed by atoms with Crippen LogP contribution in [0.3, 0.4) is 0 Å². The summed E-state index contributed by atoms with van der Waals surface area (Å²) in [5, 5.41) is 10.2. The fraction of sp³-hybridized carbons (Fsp3) is 0.250. The molecule has 0 saturated carbocycles. The van der Waals surface area contributed by atoms with Crippen LogP contribution >= 0.6 is 0 Å². The van der Waals surface area contributed by atoms with Crippen molar-refractivity contribution in [3.63, 3.8) is 0 Å². The summed E-state index contributed by atoms with van der Waals surface area (Å²) in [6.07, 6.45) is 0.105. The van der Waals surface area contributed by atoms with E-state index in [1.165, 1.54) is 27.3 Å². The van der Waals surface area contributed by atoms with Gasteiger partial charge in [-0.1, -0.05) is 10.3 Å². The molecule has 2 aromatic heterocycles. The second-order valence-corrected chi connectivity index (χ2v) is 10.6. The Labute approximate surface area is 220 Å². The third-order valence-corrected chi connectivity index (χ3v) is 7.35. The number of benzene rings is 2. The van der Waals surface area contributed by atoms with Crippen molar-refractivity contribution in [1.82, 2.24) is 19.4 Å². The fourth-order valence-electron chi connectivity index (χ4n) is 4.59. The van der Waals surface area contributed by atoms with E-state index in [0.29, 0.717) is 0 Å². The van der Waals surface area contributed by atoms with Crippen molar-refractivity contribution in [2.45, 2.75) is 43.7 Å². The van der Waals surface area contributed by atoms with Crippen LogP contribution in [0.15, 0.2) is 55.3 Å². The summed E-state index contributed by atoms with van der Waals surface area (Å²) in [5.74, 6) is -2.01.